The molecule has 1 fully saturated rings. The van der Waals surface area contributed by atoms with E-state index in [2.05, 4.69) is 4.90 Å². The molecule has 0 bridgehead atoms. The van der Waals surface area contributed by atoms with Crippen molar-refractivity contribution in [3.8, 4) is 5.75 Å². The maximum Gasteiger partial charge on any atom is 0.240 e. The summed E-state index contributed by atoms with van der Waals surface area (Å²) in [4.78, 5) is 28.9. The van der Waals surface area contributed by atoms with Crippen LogP contribution in [0.3, 0.4) is 0 Å². The van der Waals surface area contributed by atoms with Gasteiger partial charge in [0.2, 0.25) is 11.8 Å². The molecule has 2 amide bonds. The highest BCUT2D eigenvalue weighted by molar-refractivity contribution is 6.08. The second kappa shape index (κ2) is 9.41. The minimum atomic E-state index is -0.715. The summed E-state index contributed by atoms with van der Waals surface area (Å²) in [7, 11) is 0. The van der Waals surface area contributed by atoms with Crippen molar-refractivity contribution in [1.29, 1.82) is 0 Å². The number of hydrazone groups is 1. The van der Waals surface area contributed by atoms with Crippen molar-refractivity contribution < 1.29 is 18.7 Å². The Balaban J connectivity index is 1.45. The zero-order valence-corrected chi connectivity index (χ0v) is 20.2. The smallest absolute Gasteiger partial charge is 0.240 e. The third-order valence-corrected chi connectivity index (χ3v) is 7.54. The molecule has 0 radical (unpaired) electrons. The van der Waals surface area contributed by atoms with E-state index < -0.39 is 5.54 Å². The number of amides is 2. The van der Waals surface area contributed by atoms with Crippen LogP contribution in [0.1, 0.15) is 37.8 Å². The number of halogens is 1. The molecule has 184 valence electrons. The predicted molar refractivity (Wildman–Crippen MR) is 130 cm³/mol. The zero-order chi connectivity index (χ0) is 24.6. The molecule has 35 heavy (non-hydrogen) atoms. The maximum absolute atomic E-state index is 14.2. The summed E-state index contributed by atoms with van der Waals surface area (Å²) in [5.41, 5.74) is 1.61. The van der Waals surface area contributed by atoms with Gasteiger partial charge in [-0.1, -0.05) is 30.3 Å². The first-order valence-corrected chi connectivity index (χ1v) is 12.3. The Morgan fingerprint density at radius 3 is 2.49 bits per heavy atom. The van der Waals surface area contributed by atoms with Gasteiger partial charge in [-0.2, -0.15) is 5.10 Å². The molecular weight excluding hydrogens is 447 g/mol. The van der Waals surface area contributed by atoms with E-state index in [1.54, 1.807) is 18.0 Å². The topological polar surface area (TPSA) is 65.5 Å². The number of ether oxygens (including phenoxy) is 1. The molecule has 3 heterocycles. The van der Waals surface area contributed by atoms with E-state index in [0.29, 0.717) is 30.1 Å². The Morgan fingerprint density at radius 1 is 1.06 bits per heavy atom. The molecule has 8 heteroatoms. The predicted octanol–water partition coefficient (Wildman–Crippen LogP) is 3.24. The average Bonchev–Trinajstić information content (AvgIpc) is 3.21. The lowest BCUT2D eigenvalue weighted by Gasteiger charge is -2.43. The second-order valence-electron chi connectivity index (χ2n) is 9.56. The molecule has 2 unspecified atom stereocenters. The number of benzene rings is 2. The summed E-state index contributed by atoms with van der Waals surface area (Å²) in [6.45, 7) is 7.55. The fourth-order valence-electron chi connectivity index (χ4n) is 5.78. The highest BCUT2D eigenvalue weighted by atomic mass is 19.1. The highest BCUT2D eigenvalue weighted by Crippen LogP contribution is 2.49. The number of carbonyl (C=O) groups is 2. The first-order valence-electron chi connectivity index (χ1n) is 12.3. The molecule has 0 N–H and O–H groups in total. The van der Waals surface area contributed by atoms with Gasteiger partial charge in [-0.15, -0.1) is 0 Å². The molecule has 1 saturated heterocycles. The van der Waals surface area contributed by atoms with Crippen LogP contribution >= 0.6 is 0 Å². The molecule has 2 aromatic carbocycles. The van der Waals surface area contributed by atoms with Crippen LogP contribution in [-0.4, -0.2) is 71.7 Å². The normalized spacial score (nSPS) is 23.9. The van der Waals surface area contributed by atoms with Gasteiger partial charge in [-0.25, -0.2) is 9.40 Å². The van der Waals surface area contributed by atoms with Crippen molar-refractivity contribution in [3.05, 3.63) is 65.5 Å². The van der Waals surface area contributed by atoms with Gasteiger partial charge in [0, 0.05) is 45.6 Å². The highest BCUT2D eigenvalue weighted by Gasteiger charge is 2.55. The summed E-state index contributed by atoms with van der Waals surface area (Å²) in [5.74, 6) is -0.0000324. The van der Waals surface area contributed by atoms with Gasteiger partial charge < -0.3 is 9.64 Å². The number of hydrogen-bond donors (Lipinski definition) is 0. The first-order chi connectivity index (χ1) is 16.9. The molecule has 2 atom stereocenters. The van der Waals surface area contributed by atoms with E-state index >= 15 is 0 Å². The van der Waals surface area contributed by atoms with Crippen molar-refractivity contribution in [2.45, 2.75) is 32.2 Å². The quantitative estimate of drug-likeness (QED) is 0.662. The van der Waals surface area contributed by atoms with E-state index in [0.717, 1.165) is 44.7 Å². The third kappa shape index (κ3) is 4.20. The number of hydrogen-bond acceptors (Lipinski definition) is 5. The van der Waals surface area contributed by atoms with Crippen LogP contribution in [0.4, 0.5) is 4.39 Å². The summed E-state index contributed by atoms with van der Waals surface area (Å²) >= 11 is 0. The Bertz CT molecular complexity index is 1150. The zero-order valence-electron chi connectivity index (χ0n) is 20.2. The lowest BCUT2D eigenvalue weighted by atomic mass is 9.71. The van der Waals surface area contributed by atoms with Gasteiger partial charge in [0.05, 0.1) is 18.2 Å². The van der Waals surface area contributed by atoms with Crippen molar-refractivity contribution in [1.82, 2.24) is 14.8 Å². The summed E-state index contributed by atoms with van der Waals surface area (Å²) in [6, 6.07) is 14.5. The van der Waals surface area contributed by atoms with Gasteiger partial charge in [0.25, 0.3) is 0 Å². The number of nitrogens with zero attached hydrogens (tertiary/aromatic N) is 4. The van der Waals surface area contributed by atoms with E-state index in [1.165, 1.54) is 19.1 Å². The van der Waals surface area contributed by atoms with Crippen LogP contribution in [-0.2, 0) is 15.1 Å². The lowest BCUT2D eigenvalue weighted by molar-refractivity contribution is -0.136. The van der Waals surface area contributed by atoms with Crippen LogP contribution in [0.15, 0.2) is 53.6 Å². The van der Waals surface area contributed by atoms with Gasteiger partial charge >= 0.3 is 0 Å². The van der Waals surface area contributed by atoms with E-state index in [4.69, 9.17) is 9.84 Å². The van der Waals surface area contributed by atoms with Gasteiger partial charge in [-0.05, 0) is 43.1 Å². The largest absolute Gasteiger partial charge is 0.492 e. The second-order valence-corrected chi connectivity index (χ2v) is 9.56. The number of rotatable bonds is 5. The van der Waals surface area contributed by atoms with E-state index in [1.807, 2.05) is 35.2 Å². The fourth-order valence-corrected chi connectivity index (χ4v) is 5.78. The molecule has 5 rings (SSSR count). The van der Waals surface area contributed by atoms with Crippen LogP contribution in [0.2, 0.25) is 0 Å². The van der Waals surface area contributed by atoms with Crippen molar-refractivity contribution in [2.75, 3.05) is 39.3 Å². The van der Waals surface area contributed by atoms with Crippen molar-refractivity contribution >= 4 is 17.5 Å². The Labute approximate surface area is 205 Å². The number of fused-ring (bicyclic) bond motifs is 3. The SMILES string of the molecule is CC(=O)N1CCN(CCCC2(c3ccccc3)C3COc4ccc(F)cc4C3=NN2C(C)=O)CC1. The van der Waals surface area contributed by atoms with E-state index in [9.17, 15) is 14.0 Å². The Morgan fingerprint density at radius 2 is 1.80 bits per heavy atom. The summed E-state index contributed by atoms with van der Waals surface area (Å²) < 4.78 is 20.3. The van der Waals surface area contributed by atoms with Crippen LogP contribution in [0.5, 0.6) is 5.75 Å². The first kappa shape index (κ1) is 23.5. The van der Waals surface area contributed by atoms with Crippen LogP contribution in [0, 0.1) is 11.7 Å². The molecular formula is C27H31FN4O3. The number of piperazine rings is 1. The van der Waals surface area contributed by atoms with Gasteiger partial charge in [0.15, 0.2) is 0 Å². The molecule has 0 spiro atoms. The Kier molecular flexibility index (Phi) is 6.32. The third-order valence-electron chi connectivity index (χ3n) is 7.54. The van der Waals surface area contributed by atoms with Crippen molar-refractivity contribution in [3.63, 3.8) is 0 Å². The molecule has 0 aliphatic carbocycles. The fraction of sp³-hybridized carbons (Fsp3) is 0.444. The van der Waals surface area contributed by atoms with Crippen LogP contribution in [0.25, 0.3) is 0 Å². The summed E-state index contributed by atoms with van der Waals surface area (Å²) in [6.07, 6.45) is 1.53. The minimum absolute atomic E-state index is 0.120. The number of carbonyl (C=O) groups excluding carboxylic acids is 2. The molecule has 7 nitrogen and oxygen atoms in total. The van der Waals surface area contributed by atoms with Gasteiger partial charge in [0.1, 0.15) is 17.1 Å². The van der Waals surface area contributed by atoms with Crippen molar-refractivity contribution in [2.24, 2.45) is 11.0 Å². The molecule has 0 saturated carbocycles. The Hall–Kier alpha value is -3.26. The minimum Gasteiger partial charge on any atom is -0.492 e. The lowest BCUT2D eigenvalue weighted by Crippen LogP contribution is -2.51. The molecule has 0 aromatic heterocycles. The van der Waals surface area contributed by atoms with Crippen LogP contribution < -0.4 is 4.74 Å². The average molecular weight is 479 g/mol. The van der Waals surface area contributed by atoms with E-state index in [-0.39, 0.29) is 23.5 Å². The monoisotopic (exact) mass is 478 g/mol. The maximum atomic E-state index is 14.2. The molecule has 3 aliphatic rings. The standard InChI is InChI=1S/C27H31FN4O3/c1-19(33)31-15-13-30(14-16-31)12-6-11-27(21-7-4-3-5-8-21)24-18-35-25-10-9-22(28)17-23(25)26(24)29-32(27)20(2)34/h3-5,7-10,17,24H,6,11-16,18H2,1-2H3. The van der Waals surface area contributed by atoms with Gasteiger partial charge in [-0.3, -0.25) is 14.5 Å². The molecule has 2 aromatic rings. The molecule has 3 aliphatic heterocycles. The summed E-state index contributed by atoms with van der Waals surface area (Å²) in [5, 5.41) is 6.42.